The molecule has 0 atom stereocenters. The molecular formula is C23H24N4O2S2. The van der Waals surface area contributed by atoms with E-state index in [4.69, 9.17) is 4.74 Å². The van der Waals surface area contributed by atoms with Gasteiger partial charge in [0, 0.05) is 29.8 Å². The number of carbonyl (C=O) groups excluding carboxylic acids is 1. The van der Waals surface area contributed by atoms with E-state index in [1.807, 2.05) is 43.1 Å². The number of hydrogen-bond acceptors (Lipinski definition) is 6. The van der Waals surface area contributed by atoms with E-state index in [2.05, 4.69) is 42.2 Å². The Hall–Kier alpha value is -2.97. The first-order valence-corrected chi connectivity index (χ1v) is 11.6. The van der Waals surface area contributed by atoms with E-state index in [0.717, 1.165) is 33.8 Å². The Balaban J connectivity index is 1.40. The molecule has 4 rings (SSSR count). The Morgan fingerprint density at radius 2 is 1.94 bits per heavy atom. The molecule has 0 fully saturated rings. The number of anilines is 1. The van der Waals surface area contributed by atoms with Gasteiger partial charge in [-0.3, -0.25) is 14.8 Å². The van der Waals surface area contributed by atoms with Gasteiger partial charge in [0.1, 0.15) is 12.4 Å². The zero-order chi connectivity index (χ0) is 22.1. The summed E-state index contributed by atoms with van der Waals surface area (Å²) in [5.41, 5.74) is 7.19. The number of benzene rings is 1. The predicted molar refractivity (Wildman–Crippen MR) is 126 cm³/mol. The number of hydrogen-bond donors (Lipinski definition) is 1. The van der Waals surface area contributed by atoms with Crippen molar-refractivity contribution in [3.63, 3.8) is 0 Å². The second-order valence-corrected chi connectivity index (χ2v) is 9.38. The zero-order valence-electron chi connectivity index (χ0n) is 18.1. The molecule has 31 heavy (non-hydrogen) atoms. The summed E-state index contributed by atoms with van der Waals surface area (Å²) in [5.74, 6) is 0.721. The quantitative estimate of drug-likeness (QED) is 0.409. The summed E-state index contributed by atoms with van der Waals surface area (Å²) in [4.78, 5) is 17.8. The van der Waals surface area contributed by atoms with Crippen LogP contribution in [-0.4, -0.2) is 20.7 Å². The first-order chi connectivity index (χ1) is 14.8. The molecule has 8 heteroatoms. The van der Waals surface area contributed by atoms with Gasteiger partial charge in [-0.25, -0.2) is 4.98 Å². The Bertz CT molecular complexity index is 1250. The number of nitrogens with zero attached hydrogens (tertiary/aromatic N) is 3. The van der Waals surface area contributed by atoms with Crippen molar-refractivity contribution < 1.29 is 9.53 Å². The fourth-order valence-electron chi connectivity index (χ4n) is 3.35. The molecule has 160 valence electrons. The van der Waals surface area contributed by atoms with Crippen molar-refractivity contribution in [3.8, 4) is 17.0 Å². The van der Waals surface area contributed by atoms with Crippen molar-refractivity contribution >= 4 is 33.7 Å². The van der Waals surface area contributed by atoms with Crippen LogP contribution in [0.4, 0.5) is 5.13 Å². The third-order valence-corrected chi connectivity index (χ3v) is 6.79. The topological polar surface area (TPSA) is 69.0 Å². The van der Waals surface area contributed by atoms with Crippen LogP contribution in [0.15, 0.2) is 35.2 Å². The fraction of sp³-hybridized carbons (Fsp3) is 0.261. The predicted octanol–water partition coefficient (Wildman–Crippen LogP) is 5.67. The van der Waals surface area contributed by atoms with Gasteiger partial charge in [-0.2, -0.15) is 5.10 Å². The molecule has 3 heterocycles. The van der Waals surface area contributed by atoms with Gasteiger partial charge in [-0.05, 0) is 61.9 Å². The number of carbonyl (C=O) groups is 1. The van der Waals surface area contributed by atoms with Crippen molar-refractivity contribution in [1.82, 2.24) is 14.8 Å². The van der Waals surface area contributed by atoms with E-state index in [1.165, 1.54) is 33.8 Å². The number of rotatable bonds is 6. The number of aryl methyl sites for hydroxylation is 4. The first-order valence-electron chi connectivity index (χ1n) is 9.85. The first kappa shape index (κ1) is 21.3. The molecule has 0 radical (unpaired) electrons. The van der Waals surface area contributed by atoms with Gasteiger partial charge >= 0.3 is 0 Å². The molecule has 0 bridgehead atoms. The molecular weight excluding hydrogens is 428 g/mol. The second-order valence-electron chi connectivity index (χ2n) is 7.61. The van der Waals surface area contributed by atoms with Gasteiger partial charge in [0.2, 0.25) is 0 Å². The largest absolute Gasteiger partial charge is 0.489 e. The minimum absolute atomic E-state index is 0.164. The summed E-state index contributed by atoms with van der Waals surface area (Å²) < 4.78 is 7.78. The van der Waals surface area contributed by atoms with Crippen LogP contribution in [0.5, 0.6) is 5.75 Å². The molecule has 3 aromatic heterocycles. The molecule has 0 unspecified atom stereocenters. The highest BCUT2D eigenvalue weighted by atomic mass is 32.1. The molecule has 1 aromatic carbocycles. The number of ether oxygens (including phenoxy) is 1. The number of aromatic nitrogens is 3. The van der Waals surface area contributed by atoms with Crippen molar-refractivity contribution in [2.24, 2.45) is 7.05 Å². The van der Waals surface area contributed by atoms with Crippen LogP contribution in [0.2, 0.25) is 0 Å². The highest BCUT2D eigenvalue weighted by molar-refractivity contribution is 7.14. The number of amides is 1. The Morgan fingerprint density at radius 1 is 1.13 bits per heavy atom. The summed E-state index contributed by atoms with van der Waals surface area (Å²) in [7, 11) is 1.88. The maximum atomic E-state index is 12.7. The third-order valence-electron chi connectivity index (χ3n) is 5.05. The lowest BCUT2D eigenvalue weighted by Crippen LogP contribution is -2.09. The fourth-order valence-corrected chi connectivity index (χ4v) is 4.84. The molecule has 0 aliphatic carbocycles. The van der Waals surface area contributed by atoms with Gasteiger partial charge in [0.15, 0.2) is 5.13 Å². The second kappa shape index (κ2) is 8.64. The van der Waals surface area contributed by atoms with Crippen LogP contribution in [0.25, 0.3) is 11.3 Å². The smallest absolute Gasteiger partial charge is 0.267 e. The lowest BCUT2D eigenvalue weighted by Gasteiger charge is -2.11. The third kappa shape index (κ3) is 4.70. The van der Waals surface area contributed by atoms with Crippen LogP contribution in [-0.2, 0) is 13.7 Å². The monoisotopic (exact) mass is 452 g/mol. The molecule has 0 aliphatic rings. The van der Waals surface area contributed by atoms with E-state index in [-0.39, 0.29) is 5.91 Å². The minimum atomic E-state index is -0.164. The highest BCUT2D eigenvalue weighted by Gasteiger charge is 2.15. The van der Waals surface area contributed by atoms with E-state index in [0.29, 0.717) is 16.6 Å². The van der Waals surface area contributed by atoms with Crippen LogP contribution in [0.1, 0.15) is 37.6 Å². The van der Waals surface area contributed by atoms with Crippen LogP contribution in [0, 0.1) is 27.7 Å². The van der Waals surface area contributed by atoms with E-state index < -0.39 is 0 Å². The SMILES string of the molecule is Cc1cc(C)c(C)c(OCc2csc(C(=O)Nc3nc(-c4cn(C)nc4C)cs3)c2)c1. The summed E-state index contributed by atoms with van der Waals surface area (Å²) in [6, 6.07) is 6.07. The average Bonchev–Trinajstić information content (AvgIpc) is 3.43. The Morgan fingerprint density at radius 3 is 2.68 bits per heavy atom. The lowest BCUT2D eigenvalue weighted by atomic mass is 10.1. The van der Waals surface area contributed by atoms with E-state index >= 15 is 0 Å². The standard InChI is InChI=1S/C23H24N4O2S2/c1-13-6-14(2)15(3)20(7-13)29-10-17-8-21(30-11-17)22(28)25-23-24-19(12-31-23)18-9-27(5)26-16(18)4/h6-9,11-12H,10H2,1-5H3,(H,24,25,28). The van der Waals surface area contributed by atoms with Gasteiger partial charge in [-0.1, -0.05) is 6.07 Å². The molecule has 0 saturated heterocycles. The van der Waals surface area contributed by atoms with Crippen molar-refractivity contribution in [2.45, 2.75) is 34.3 Å². The van der Waals surface area contributed by atoms with E-state index in [1.54, 1.807) is 4.68 Å². The number of thiazole rings is 1. The molecule has 1 amide bonds. The zero-order valence-corrected chi connectivity index (χ0v) is 19.8. The van der Waals surface area contributed by atoms with E-state index in [9.17, 15) is 4.79 Å². The molecule has 1 N–H and O–H groups in total. The van der Waals surface area contributed by atoms with Crippen molar-refractivity contribution in [2.75, 3.05) is 5.32 Å². The molecule has 6 nitrogen and oxygen atoms in total. The minimum Gasteiger partial charge on any atom is -0.489 e. The summed E-state index contributed by atoms with van der Waals surface area (Å²) in [6.45, 7) is 8.58. The summed E-state index contributed by atoms with van der Waals surface area (Å²) >= 11 is 2.81. The number of thiophene rings is 1. The summed E-state index contributed by atoms with van der Waals surface area (Å²) in [6.07, 6.45) is 1.93. The lowest BCUT2D eigenvalue weighted by molar-refractivity contribution is 0.103. The van der Waals surface area contributed by atoms with Crippen molar-refractivity contribution in [1.29, 1.82) is 0 Å². The van der Waals surface area contributed by atoms with Crippen molar-refractivity contribution in [3.05, 3.63) is 68.0 Å². The summed E-state index contributed by atoms with van der Waals surface area (Å²) in [5, 5.41) is 11.7. The maximum absolute atomic E-state index is 12.7. The maximum Gasteiger partial charge on any atom is 0.267 e. The molecule has 0 saturated carbocycles. The van der Waals surface area contributed by atoms with Gasteiger partial charge < -0.3 is 4.74 Å². The highest BCUT2D eigenvalue weighted by Crippen LogP contribution is 2.28. The average molecular weight is 453 g/mol. The normalized spacial score (nSPS) is 11.0. The van der Waals surface area contributed by atoms with Crippen LogP contribution in [0.3, 0.4) is 0 Å². The molecule has 0 spiro atoms. The van der Waals surface area contributed by atoms with Gasteiger partial charge in [0.25, 0.3) is 5.91 Å². The molecule has 0 aliphatic heterocycles. The Labute approximate surface area is 189 Å². The molecule has 4 aromatic rings. The van der Waals surface area contributed by atoms with Gasteiger partial charge in [0.05, 0.1) is 16.3 Å². The van der Waals surface area contributed by atoms with Crippen LogP contribution >= 0.6 is 22.7 Å². The Kier molecular flexibility index (Phi) is 5.93. The van der Waals surface area contributed by atoms with Crippen LogP contribution < -0.4 is 10.1 Å². The number of nitrogens with one attached hydrogen (secondary N) is 1. The van der Waals surface area contributed by atoms with Gasteiger partial charge in [-0.15, -0.1) is 22.7 Å².